The first kappa shape index (κ1) is 19.3. The maximum atomic E-state index is 11.5. The lowest BCUT2D eigenvalue weighted by Gasteiger charge is -2.17. The van der Waals surface area contributed by atoms with Gasteiger partial charge in [0.25, 0.3) is 0 Å². The molecule has 1 aromatic carbocycles. The fourth-order valence-electron chi connectivity index (χ4n) is 3.13. The third kappa shape index (κ3) is 3.52. The lowest BCUT2D eigenvalue weighted by atomic mass is 9.95. The molecule has 0 N–H and O–H groups in total. The highest BCUT2D eigenvalue weighted by molar-refractivity contribution is 9.10. The molecule has 140 valence electrons. The molecular formula is C19H22BrNO4S. The van der Waals surface area contributed by atoms with Crippen molar-refractivity contribution in [3.63, 3.8) is 0 Å². The van der Waals surface area contributed by atoms with Crippen LogP contribution in [-0.2, 0) is 14.4 Å². The van der Waals surface area contributed by atoms with E-state index >= 15 is 0 Å². The summed E-state index contributed by atoms with van der Waals surface area (Å²) in [5, 5.41) is 1.17. The van der Waals surface area contributed by atoms with Gasteiger partial charge in [-0.15, -0.1) is 0 Å². The van der Waals surface area contributed by atoms with Crippen molar-refractivity contribution in [2.24, 2.45) is 5.92 Å². The average Bonchev–Trinajstić information content (AvgIpc) is 3.40. The molecule has 0 radical (unpaired) electrons. The number of carbonyl (C=O) groups is 1. The Kier molecular flexibility index (Phi) is 5.99. The number of carbonyl (C=O) groups excluding carboxylic acids is 1. The van der Waals surface area contributed by atoms with Gasteiger partial charge in [-0.1, -0.05) is 18.3 Å². The number of rotatable bonds is 8. The summed E-state index contributed by atoms with van der Waals surface area (Å²) in [5.41, 5.74) is 2.62. The van der Waals surface area contributed by atoms with Crippen LogP contribution in [0, 0.1) is 12.8 Å². The number of ether oxygens (including phenoxy) is 2. The fourth-order valence-corrected chi connectivity index (χ4v) is 4.10. The molecule has 1 amide bonds. The maximum absolute atomic E-state index is 11.5. The van der Waals surface area contributed by atoms with E-state index in [0.29, 0.717) is 36.3 Å². The normalized spacial score (nSPS) is 19.7. The second-order valence-corrected chi connectivity index (χ2v) is 7.52. The summed E-state index contributed by atoms with van der Waals surface area (Å²) in [7, 11) is 0. The molecule has 1 aliphatic carbocycles. The summed E-state index contributed by atoms with van der Waals surface area (Å²) in [6, 6.07) is 3.90. The molecule has 0 bridgehead atoms. The topological polar surface area (TPSA) is 48.0 Å². The summed E-state index contributed by atoms with van der Waals surface area (Å²) >= 11 is 9.37. The van der Waals surface area contributed by atoms with Crippen LogP contribution >= 0.6 is 28.1 Å². The van der Waals surface area contributed by atoms with E-state index in [2.05, 4.69) is 15.9 Å². The number of thiocarbonyl (C=S) groups is 1. The number of hydrogen-bond acceptors (Lipinski definition) is 5. The Hall–Kier alpha value is -1.44. The number of benzene rings is 1. The van der Waals surface area contributed by atoms with Crippen molar-refractivity contribution in [1.29, 1.82) is 0 Å². The zero-order chi connectivity index (χ0) is 18.8. The van der Waals surface area contributed by atoms with Crippen LogP contribution in [-0.4, -0.2) is 35.7 Å². The van der Waals surface area contributed by atoms with Crippen molar-refractivity contribution < 1.29 is 19.1 Å². The van der Waals surface area contributed by atoms with Crippen LogP contribution in [0.1, 0.15) is 37.8 Å². The van der Waals surface area contributed by atoms with Crippen molar-refractivity contribution in [2.75, 3.05) is 13.2 Å². The van der Waals surface area contributed by atoms with Crippen molar-refractivity contribution in [3.05, 3.63) is 39.2 Å². The van der Waals surface area contributed by atoms with Gasteiger partial charge in [0.2, 0.25) is 12.3 Å². The first-order chi connectivity index (χ1) is 12.5. The van der Waals surface area contributed by atoms with E-state index < -0.39 is 0 Å². The summed E-state index contributed by atoms with van der Waals surface area (Å²) in [6.07, 6.45) is 2.52. The molecule has 0 saturated heterocycles. The standard InChI is InChI=1S/C19H22BrNO4S/c1-4-23-16-11(3)13(8-9-14(16)20)18(26)15-17(12-6-7-12)25-21(10-22)19(15)24-5-2/h8-10,12,17H,4-7H2,1-3H3. The Bertz CT molecular complexity index is 760. The Labute approximate surface area is 167 Å². The minimum Gasteiger partial charge on any atom is -0.492 e. The number of amides is 1. The van der Waals surface area contributed by atoms with E-state index in [9.17, 15) is 4.79 Å². The summed E-state index contributed by atoms with van der Waals surface area (Å²) < 4.78 is 12.4. The zero-order valence-corrected chi connectivity index (χ0v) is 17.5. The molecule has 2 aliphatic rings. The maximum Gasteiger partial charge on any atom is 0.240 e. The Morgan fingerprint density at radius 3 is 2.62 bits per heavy atom. The molecule has 7 heteroatoms. The third-order valence-electron chi connectivity index (χ3n) is 4.50. The Morgan fingerprint density at radius 1 is 1.35 bits per heavy atom. The number of hydrogen-bond donors (Lipinski definition) is 0. The average molecular weight is 440 g/mol. The van der Waals surface area contributed by atoms with Crippen LogP contribution in [0.15, 0.2) is 28.1 Å². The van der Waals surface area contributed by atoms with Gasteiger partial charge in [-0.05, 0) is 67.1 Å². The highest BCUT2D eigenvalue weighted by Crippen LogP contribution is 2.44. The first-order valence-electron chi connectivity index (χ1n) is 8.78. The second-order valence-electron chi connectivity index (χ2n) is 6.26. The van der Waals surface area contributed by atoms with Gasteiger partial charge in [-0.3, -0.25) is 9.63 Å². The van der Waals surface area contributed by atoms with Gasteiger partial charge >= 0.3 is 0 Å². The molecule has 3 rings (SSSR count). The van der Waals surface area contributed by atoms with Gasteiger partial charge in [0.1, 0.15) is 11.9 Å². The summed E-state index contributed by atoms with van der Waals surface area (Å²) in [5.74, 6) is 1.55. The predicted molar refractivity (Wildman–Crippen MR) is 106 cm³/mol. The van der Waals surface area contributed by atoms with E-state index in [-0.39, 0.29) is 6.10 Å². The van der Waals surface area contributed by atoms with Crippen LogP contribution in [0.4, 0.5) is 0 Å². The molecule has 1 aromatic rings. The highest BCUT2D eigenvalue weighted by atomic mass is 79.9. The van der Waals surface area contributed by atoms with Crippen LogP contribution in [0.3, 0.4) is 0 Å². The summed E-state index contributed by atoms with van der Waals surface area (Å²) in [6.45, 7) is 6.80. The van der Waals surface area contributed by atoms with E-state index in [1.165, 1.54) is 5.06 Å². The Morgan fingerprint density at radius 2 is 2.04 bits per heavy atom. The third-order valence-corrected chi connectivity index (χ3v) is 5.57. The molecule has 26 heavy (non-hydrogen) atoms. The number of nitrogens with zero attached hydrogens (tertiary/aromatic N) is 1. The quantitative estimate of drug-likeness (QED) is 0.343. The van der Waals surface area contributed by atoms with Gasteiger partial charge in [0.05, 0.1) is 28.1 Å². The SMILES string of the molecule is CCOC1=C(C(=S)c2ccc(Br)c(OCC)c2C)C(C2CC2)ON1C=O. The molecule has 0 aromatic heterocycles. The van der Waals surface area contributed by atoms with E-state index in [1.807, 2.05) is 32.9 Å². The van der Waals surface area contributed by atoms with Crippen molar-refractivity contribution in [1.82, 2.24) is 5.06 Å². The zero-order valence-electron chi connectivity index (χ0n) is 15.1. The molecule has 1 fully saturated rings. The van der Waals surface area contributed by atoms with Crippen LogP contribution in [0.5, 0.6) is 5.75 Å². The monoisotopic (exact) mass is 439 g/mol. The smallest absolute Gasteiger partial charge is 0.240 e. The largest absolute Gasteiger partial charge is 0.492 e. The van der Waals surface area contributed by atoms with E-state index in [0.717, 1.165) is 39.8 Å². The minimum atomic E-state index is -0.243. The van der Waals surface area contributed by atoms with Crippen LogP contribution in [0.25, 0.3) is 0 Å². The molecular weight excluding hydrogens is 418 g/mol. The molecule has 1 atom stereocenters. The van der Waals surface area contributed by atoms with Gasteiger partial charge in [-0.2, -0.15) is 5.06 Å². The molecule has 5 nitrogen and oxygen atoms in total. The first-order valence-corrected chi connectivity index (χ1v) is 9.98. The van der Waals surface area contributed by atoms with Gasteiger partial charge in [0, 0.05) is 5.56 Å². The minimum absolute atomic E-state index is 0.243. The van der Waals surface area contributed by atoms with Crippen molar-refractivity contribution >= 4 is 39.4 Å². The lowest BCUT2D eigenvalue weighted by molar-refractivity contribution is -0.176. The van der Waals surface area contributed by atoms with Crippen LogP contribution in [0.2, 0.25) is 0 Å². The van der Waals surface area contributed by atoms with Gasteiger partial charge in [0.15, 0.2) is 0 Å². The molecule has 1 heterocycles. The van der Waals surface area contributed by atoms with Crippen LogP contribution < -0.4 is 4.74 Å². The van der Waals surface area contributed by atoms with Crippen molar-refractivity contribution in [3.8, 4) is 5.75 Å². The number of halogens is 1. The molecule has 1 saturated carbocycles. The number of hydroxylamine groups is 2. The van der Waals surface area contributed by atoms with E-state index in [1.54, 1.807) is 0 Å². The highest BCUT2D eigenvalue weighted by Gasteiger charge is 2.45. The van der Waals surface area contributed by atoms with E-state index in [4.69, 9.17) is 26.5 Å². The predicted octanol–water partition coefficient (Wildman–Crippen LogP) is 4.30. The molecule has 1 aliphatic heterocycles. The second kappa shape index (κ2) is 8.06. The lowest BCUT2D eigenvalue weighted by Crippen LogP contribution is -2.22. The van der Waals surface area contributed by atoms with Gasteiger partial charge < -0.3 is 9.47 Å². The molecule has 0 spiro atoms. The van der Waals surface area contributed by atoms with Gasteiger partial charge in [-0.25, -0.2) is 0 Å². The van der Waals surface area contributed by atoms with Crippen molar-refractivity contribution in [2.45, 2.75) is 39.7 Å². The Balaban J connectivity index is 2.07. The summed E-state index contributed by atoms with van der Waals surface area (Å²) in [4.78, 5) is 17.9. The fraction of sp³-hybridized carbons (Fsp3) is 0.474. The molecule has 1 unspecified atom stereocenters.